The number of hydrogen-bond acceptors (Lipinski definition) is 1. The Labute approximate surface area is 85.3 Å². The molecule has 0 amide bonds. The molecule has 2 aliphatic carbocycles. The van der Waals surface area contributed by atoms with E-state index in [0.29, 0.717) is 11.5 Å². The van der Waals surface area contributed by atoms with Gasteiger partial charge in [0.1, 0.15) is 0 Å². The van der Waals surface area contributed by atoms with E-state index in [1.807, 2.05) is 0 Å². The lowest BCUT2D eigenvalue weighted by Gasteiger charge is -2.19. The molecular formula is C13H17N. The third-order valence-electron chi connectivity index (χ3n) is 4.21. The van der Waals surface area contributed by atoms with Gasteiger partial charge in [-0.3, -0.25) is 0 Å². The molecule has 1 nitrogen and oxygen atoms in total. The van der Waals surface area contributed by atoms with Gasteiger partial charge in [-0.05, 0) is 36.2 Å². The molecule has 3 unspecified atom stereocenters. The summed E-state index contributed by atoms with van der Waals surface area (Å²) in [5.41, 5.74) is 8.10. The maximum Gasteiger partial charge on any atom is 0.0108 e. The van der Waals surface area contributed by atoms with Crippen LogP contribution in [0.5, 0.6) is 0 Å². The predicted molar refractivity (Wildman–Crippen MR) is 58.1 cm³/mol. The molecule has 1 spiro atoms. The van der Waals surface area contributed by atoms with Gasteiger partial charge in [0.2, 0.25) is 0 Å². The van der Waals surface area contributed by atoms with Crippen LogP contribution in [0.15, 0.2) is 30.3 Å². The van der Waals surface area contributed by atoms with Crippen molar-refractivity contribution in [3.8, 4) is 0 Å². The normalized spacial score (nSPS) is 40.4. The highest BCUT2D eigenvalue weighted by Crippen LogP contribution is 2.63. The first kappa shape index (κ1) is 8.49. The molecule has 0 radical (unpaired) electrons. The quantitative estimate of drug-likeness (QED) is 0.718. The van der Waals surface area contributed by atoms with E-state index in [9.17, 15) is 0 Å². The van der Waals surface area contributed by atoms with Gasteiger partial charge in [0.05, 0.1) is 0 Å². The second-order valence-corrected chi connectivity index (χ2v) is 4.90. The lowest BCUT2D eigenvalue weighted by Crippen LogP contribution is -2.17. The summed E-state index contributed by atoms with van der Waals surface area (Å²) < 4.78 is 0. The van der Waals surface area contributed by atoms with Gasteiger partial charge >= 0.3 is 0 Å². The first-order valence-corrected chi connectivity index (χ1v) is 5.63. The molecule has 2 aliphatic rings. The van der Waals surface area contributed by atoms with Crippen LogP contribution in [0.3, 0.4) is 0 Å². The van der Waals surface area contributed by atoms with Gasteiger partial charge in [0.15, 0.2) is 0 Å². The Hall–Kier alpha value is -0.820. The van der Waals surface area contributed by atoms with Crippen LogP contribution in [0.1, 0.15) is 37.2 Å². The molecule has 0 aliphatic heterocycles. The van der Waals surface area contributed by atoms with Crippen LogP contribution in [-0.4, -0.2) is 6.04 Å². The van der Waals surface area contributed by atoms with E-state index in [4.69, 9.17) is 5.73 Å². The summed E-state index contributed by atoms with van der Waals surface area (Å²) in [6.45, 7) is 0. The lowest BCUT2D eigenvalue weighted by atomic mass is 9.86. The summed E-state index contributed by atoms with van der Waals surface area (Å²) in [5.74, 6) is 0.749. The zero-order valence-corrected chi connectivity index (χ0v) is 8.45. The van der Waals surface area contributed by atoms with E-state index in [-0.39, 0.29) is 0 Å². The molecule has 3 atom stereocenters. The van der Waals surface area contributed by atoms with Gasteiger partial charge < -0.3 is 5.73 Å². The Bertz CT molecular complexity index is 332. The fourth-order valence-corrected chi connectivity index (χ4v) is 3.32. The van der Waals surface area contributed by atoms with Gasteiger partial charge in [-0.25, -0.2) is 0 Å². The van der Waals surface area contributed by atoms with Gasteiger partial charge in [-0.2, -0.15) is 0 Å². The lowest BCUT2D eigenvalue weighted by molar-refractivity contribution is 0.446. The molecule has 3 rings (SSSR count). The van der Waals surface area contributed by atoms with Crippen molar-refractivity contribution >= 4 is 0 Å². The third kappa shape index (κ3) is 1.05. The number of hydrogen-bond donors (Lipinski definition) is 1. The third-order valence-corrected chi connectivity index (χ3v) is 4.21. The molecule has 0 bridgehead atoms. The Morgan fingerprint density at radius 3 is 2.57 bits per heavy atom. The van der Waals surface area contributed by atoms with Crippen LogP contribution in [-0.2, 0) is 0 Å². The molecule has 1 aromatic carbocycles. The summed E-state index contributed by atoms with van der Waals surface area (Å²) in [5, 5.41) is 0. The molecule has 0 saturated heterocycles. The summed E-state index contributed by atoms with van der Waals surface area (Å²) in [4.78, 5) is 0. The van der Waals surface area contributed by atoms with E-state index < -0.39 is 0 Å². The predicted octanol–water partition coefficient (Wildman–Crippen LogP) is 2.67. The van der Waals surface area contributed by atoms with Gasteiger partial charge in [-0.15, -0.1) is 0 Å². The smallest absolute Gasteiger partial charge is 0.0108 e. The molecule has 74 valence electrons. The average Bonchev–Trinajstić information content (AvgIpc) is 2.69. The van der Waals surface area contributed by atoms with Crippen LogP contribution in [0, 0.1) is 5.41 Å². The minimum absolute atomic E-state index is 0.482. The van der Waals surface area contributed by atoms with Crippen molar-refractivity contribution in [2.24, 2.45) is 11.1 Å². The number of benzene rings is 1. The molecule has 14 heavy (non-hydrogen) atoms. The monoisotopic (exact) mass is 187 g/mol. The van der Waals surface area contributed by atoms with Crippen molar-refractivity contribution < 1.29 is 0 Å². The van der Waals surface area contributed by atoms with Crippen LogP contribution >= 0.6 is 0 Å². The van der Waals surface area contributed by atoms with Crippen molar-refractivity contribution in [1.29, 1.82) is 0 Å². The summed E-state index contributed by atoms with van der Waals surface area (Å²) in [6.07, 6.45) is 5.32. The summed E-state index contributed by atoms with van der Waals surface area (Å²) in [7, 11) is 0. The van der Waals surface area contributed by atoms with Crippen molar-refractivity contribution in [2.75, 3.05) is 0 Å². The van der Waals surface area contributed by atoms with E-state index in [0.717, 1.165) is 5.92 Å². The van der Waals surface area contributed by atoms with Crippen molar-refractivity contribution in [2.45, 2.75) is 37.6 Å². The Balaban J connectivity index is 1.93. The zero-order valence-electron chi connectivity index (χ0n) is 8.45. The number of rotatable bonds is 1. The molecule has 2 N–H and O–H groups in total. The molecule has 2 fully saturated rings. The minimum atomic E-state index is 0.482. The molecule has 0 aromatic heterocycles. The number of nitrogens with two attached hydrogens (primary N) is 1. The Kier molecular flexibility index (Phi) is 1.72. The largest absolute Gasteiger partial charge is 0.327 e. The van der Waals surface area contributed by atoms with Crippen molar-refractivity contribution in [3.63, 3.8) is 0 Å². The molecule has 1 heteroatoms. The maximum absolute atomic E-state index is 6.09. The molecule has 2 saturated carbocycles. The first-order valence-electron chi connectivity index (χ1n) is 5.63. The van der Waals surface area contributed by atoms with E-state index in [1.165, 1.54) is 31.2 Å². The van der Waals surface area contributed by atoms with Crippen LogP contribution < -0.4 is 5.73 Å². The second-order valence-electron chi connectivity index (χ2n) is 4.90. The van der Waals surface area contributed by atoms with Crippen molar-refractivity contribution in [1.82, 2.24) is 0 Å². The van der Waals surface area contributed by atoms with E-state index in [2.05, 4.69) is 30.3 Å². The van der Waals surface area contributed by atoms with Crippen molar-refractivity contribution in [3.05, 3.63) is 35.9 Å². The summed E-state index contributed by atoms with van der Waals surface area (Å²) in [6, 6.07) is 11.4. The standard InChI is InChI=1S/C13H17N/c14-12-9-13(12)8-4-7-11(13)10-5-2-1-3-6-10/h1-3,5-6,11-12H,4,7-9,14H2. The maximum atomic E-state index is 6.09. The first-order chi connectivity index (χ1) is 6.83. The fourth-order valence-electron chi connectivity index (χ4n) is 3.32. The van der Waals surface area contributed by atoms with Crippen LogP contribution in [0.4, 0.5) is 0 Å². The van der Waals surface area contributed by atoms with Crippen LogP contribution in [0.25, 0.3) is 0 Å². The van der Waals surface area contributed by atoms with Gasteiger partial charge in [-0.1, -0.05) is 36.8 Å². The van der Waals surface area contributed by atoms with Crippen LogP contribution in [0.2, 0.25) is 0 Å². The Morgan fingerprint density at radius 2 is 1.93 bits per heavy atom. The fraction of sp³-hybridized carbons (Fsp3) is 0.538. The molecule has 1 aromatic rings. The molecule has 0 heterocycles. The highest BCUT2D eigenvalue weighted by atomic mass is 14.8. The highest BCUT2D eigenvalue weighted by molar-refractivity contribution is 5.29. The SMILES string of the molecule is NC1CC12CCCC2c1ccccc1. The summed E-state index contributed by atoms with van der Waals surface area (Å²) >= 11 is 0. The topological polar surface area (TPSA) is 26.0 Å². The van der Waals surface area contributed by atoms with E-state index in [1.54, 1.807) is 0 Å². The Morgan fingerprint density at radius 1 is 1.21 bits per heavy atom. The van der Waals surface area contributed by atoms with Gasteiger partial charge in [0.25, 0.3) is 0 Å². The highest BCUT2D eigenvalue weighted by Gasteiger charge is 2.59. The van der Waals surface area contributed by atoms with Gasteiger partial charge in [0, 0.05) is 6.04 Å². The average molecular weight is 187 g/mol. The zero-order chi connectivity index (χ0) is 9.60. The molecular weight excluding hydrogens is 170 g/mol. The van der Waals surface area contributed by atoms with E-state index >= 15 is 0 Å². The second kappa shape index (κ2) is 2.83. The minimum Gasteiger partial charge on any atom is -0.327 e.